The molecular weight excluding hydrogens is 255 g/mol. The van der Waals surface area contributed by atoms with Gasteiger partial charge in [0.1, 0.15) is 17.3 Å². The summed E-state index contributed by atoms with van der Waals surface area (Å²) in [6.07, 6.45) is 1.18. The second-order valence-electron chi connectivity index (χ2n) is 4.94. The number of rotatable bonds is 4. The highest BCUT2D eigenvalue weighted by Crippen LogP contribution is 2.27. The van der Waals surface area contributed by atoms with Crippen LogP contribution in [0.2, 0.25) is 0 Å². The highest BCUT2D eigenvalue weighted by atomic mass is 19.1. The normalized spacial score (nSPS) is 10.9. The largest absolute Gasteiger partial charge is 0.370 e. The summed E-state index contributed by atoms with van der Waals surface area (Å²) in [7, 11) is 0. The topological polar surface area (TPSA) is 50.7 Å². The zero-order valence-electron chi connectivity index (χ0n) is 12.2. The van der Waals surface area contributed by atoms with Crippen molar-refractivity contribution in [3.63, 3.8) is 0 Å². The van der Waals surface area contributed by atoms with Crippen molar-refractivity contribution in [2.45, 2.75) is 33.6 Å². The van der Waals surface area contributed by atoms with Gasteiger partial charge in [-0.1, -0.05) is 13.8 Å². The molecule has 2 heterocycles. The summed E-state index contributed by atoms with van der Waals surface area (Å²) in [5.74, 6) is 1.31. The summed E-state index contributed by atoms with van der Waals surface area (Å²) in [6.45, 7) is 9.00. The smallest absolute Gasteiger partial charge is 0.180 e. The Morgan fingerprint density at radius 1 is 1.25 bits per heavy atom. The average molecular weight is 274 g/mol. The number of nitrogens with zero attached hydrogens (tertiary/aromatic N) is 3. The molecule has 106 valence electrons. The third kappa shape index (κ3) is 2.92. The fourth-order valence-electron chi connectivity index (χ4n) is 2.20. The van der Waals surface area contributed by atoms with Crippen molar-refractivity contribution in [2.24, 2.45) is 0 Å². The first-order chi connectivity index (χ1) is 9.52. The molecule has 2 rings (SSSR count). The summed E-state index contributed by atoms with van der Waals surface area (Å²) < 4.78 is 12.9. The summed E-state index contributed by atoms with van der Waals surface area (Å²) in [6, 6.07) is 2.96. The predicted octanol–water partition coefficient (Wildman–Crippen LogP) is 3.54. The number of pyridine rings is 1. The number of aryl methyl sites for hydroxylation is 1. The molecule has 0 saturated carbocycles. The minimum atomic E-state index is -0.365. The molecule has 0 amide bonds. The number of hydrogen-bond donors (Lipinski definition) is 1. The molecule has 4 nitrogen and oxygen atoms in total. The highest BCUT2D eigenvalue weighted by molar-refractivity contribution is 5.57. The molecule has 0 fully saturated rings. The lowest BCUT2D eigenvalue weighted by molar-refractivity contribution is 0.621. The molecule has 0 spiro atoms. The van der Waals surface area contributed by atoms with Crippen molar-refractivity contribution in [3.8, 4) is 11.5 Å². The first-order valence-corrected chi connectivity index (χ1v) is 6.77. The molecule has 5 heteroatoms. The van der Waals surface area contributed by atoms with E-state index in [1.807, 2.05) is 13.8 Å². The maximum Gasteiger partial charge on any atom is 0.180 e. The Morgan fingerprint density at radius 2 is 2.00 bits per heavy atom. The molecule has 2 aromatic heterocycles. The number of nitrogens with one attached hydrogen (secondary N) is 1. The van der Waals surface area contributed by atoms with Crippen LogP contribution in [0, 0.1) is 12.7 Å². The monoisotopic (exact) mass is 274 g/mol. The standard InChI is InChI=1S/C15H19FN4/c1-5-17-15-13(9(2)3)10(4)19-14(20-15)12-7-6-11(16)8-18-12/h6-9H,5H2,1-4H3,(H,17,19,20). The lowest BCUT2D eigenvalue weighted by Gasteiger charge is -2.16. The Morgan fingerprint density at radius 3 is 2.55 bits per heavy atom. The van der Waals surface area contributed by atoms with Crippen LogP contribution in [0.3, 0.4) is 0 Å². The lowest BCUT2D eigenvalue weighted by atomic mass is 10.0. The SMILES string of the molecule is CCNc1nc(-c2ccc(F)cn2)nc(C)c1C(C)C. The van der Waals surface area contributed by atoms with Crippen molar-refractivity contribution in [3.05, 3.63) is 35.4 Å². The maximum atomic E-state index is 12.9. The molecule has 0 aromatic carbocycles. The van der Waals surface area contributed by atoms with Gasteiger partial charge in [-0.25, -0.2) is 19.3 Å². The van der Waals surface area contributed by atoms with Crippen LogP contribution in [-0.4, -0.2) is 21.5 Å². The number of hydrogen-bond acceptors (Lipinski definition) is 4. The minimum Gasteiger partial charge on any atom is -0.370 e. The van der Waals surface area contributed by atoms with Gasteiger partial charge in [0.15, 0.2) is 5.82 Å². The quantitative estimate of drug-likeness (QED) is 0.926. The Bertz CT molecular complexity index is 594. The average Bonchev–Trinajstić information content (AvgIpc) is 2.38. The molecule has 0 aliphatic heterocycles. The van der Waals surface area contributed by atoms with Crippen LogP contribution < -0.4 is 5.32 Å². The van der Waals surface area contributed by atoms with E-state index in [4.69, 9.17) is 0 Å². The van der Waals surface area contributed by atoms with E-state index in [1.165, 1.54) is 12.3 Å². The van der Waals surface area contributed by atoms with Crippen LogP contribution >= 0.6 is 0 Å². The lowest BCUT2D eigenvalue weighted by Crippen LogP contribution is -2.10. The number of aromatic nitrogens is 3. The second-order valence-corrected chi connectivity index (χ2v) is 4.94. The van der Waals surface area contributed by atoms with E-state index >= 15 is 0 Å². The van der Waals surface area contributed by atoms with Gasteiger partial charge in [0.25, 0.3) is 0 Å². The first kappa shape index (κ1) is 14.4. The zero-order chi connectivity index (χ0) is 14.7. The maximum absolute atomic E-state index is 12.9. The van der Waals surface area contributed by atoms with Crippen LogP contribution in [0.25, 0.3) is 11.5 Å². The molecule has 0 atom stereocenters. The summed E-state index contributed by atoms with van der Waals surface area (Å²) in [5, 5.41) is 3.27. The Labute approximate surface area is 118 Å². The van der Waals surface area contributed by atoms with Gasteiger partial charge in [0.05, 0.1) is 6.20 Å². The molecule has 0 aliphatic carbocycles. The van der Waals surface area contributed by atoms with Gasteiger partial charge in [-0.2, -0.15) is 0 Å². The van der Waals surface area contributed by atoms with E-state index in [1.54, 1.807) is 6.07 Å². The summed E-state index contributed by atoms with van der Waals surface area (Å²) in [4.78, 5) is 13.1. The summed E-state index contributed by atoms with van der Waals surface area (Å²) in [5.41, 5.74) is 2.61. The van der Waals surface area contributed by atoms with Crippen molar-refractivity contribution < 1.29 is 4.39 Å². The van der Waals surface area contributed by atoms with Crippen LogP contribution in [0.5, 0.6) is 0 Å². The van der Waals surface area contributed by atoms with Crippen LogP contribution in [0.1, 0.15) is 37.9 Å². The van der Waals surface area contributed by atoms with E-state index in [2.05, 4.69) is 34.1 Å². The van der Waals surface area contributed by atoms with Gasteiger partial charge in [-0.15, -0.1) is 0 Å². The summed E-state index contributed by atoms with van der Waals surface area (Å²) >= 11 is 0. The van der Waals surface area contributed by atoms with Crippen molar-refractivity contribution in [1.29, 1.82) is 0 Å². The van der Waals surface area contributed by atoms with Crippen LogP contribution in [-0.2, 0) is 0 Å². The van der Waals surface area contributed by atoms with Gasteiger partial charge >= 0.3 is 0 Å². The minimum absolute atomic E-state index is 0.333. The Kier molecular flexibility index (Phi) is 4.27. The van der Waals surface area contributed by atoms with Gasteiger partial charge < -0.3 is 5.32 Å². The van der Waals surface area contributed by atoms with Crippen molar-refractivity contribution >= 4 is 5.82 Å². The van der Waals surface area contributed by atoms with Crippen molar-refractivity contribution in [1.82, 2.24) is 15.0 Å². The van der Waals surface area contributed by atoms with Gasteiger partial charge in [0, 0.05) is 17.8 Å². The van der Waals surface area contributed by atoms with Crippen molar-refractivity contribution in [2.75, 3.05) is 11.9 Å². The third-order valence-electron chi connectivity index (χ3n) is 3.01. The van der Waals surface area contributed by atoms with E-state index < -0.39 is 0 Å². The number of anilines is 1. The van der Waals surface area contributed by atoms with E-state index in [-0.39, 0.29) is 5.82 Å². The molecule has 0 saturated heterocycles. The molecule has 0 radical (unpaired) electrons. The predicted molar refractivity (Wildman–Crippen MR) is 78.2 cm³/mol. The van der Waals surface area contributed by atoms with E-state index in [0.29, 0.717) is 17.4 Å². The fraction of sp³-hybridized carbons (Fsp3) is 0.400. The molecule has 0 unspecified atom stereocenters. The van der Waals surface area contributed by atoms with Gasteiger partial charge in [0.2, 0.25) is 0 Å². The highest BCUT2D eigenvalue weighted by Gasteiger charge is 2.15. The Hall–Kier alpha value is -2.04. The fourth-order valence-corrected chi connectivity index (χ4v) is 2.20. The third-order valence-corrected chi connectivity index (χ3v) is 3.01. The molecule has 0 aliphatic rings. The van der Waals surface area contributed by atoms with E-state index in [9.17, 15) is 4.39 Å². The molecule has 2 aromatic rings. The molecule has 1 N–H and O–H groups in total. The molecule has 0 bridgehead atoms. The molecule has 20 heavy (non-hydrogen) atoms. The number of halogens is 1. The van der Waals surface area contributed by atoms with Gasteiger partial charge in [-0.05, 0) is 31.9 Å². The van der Waals surface area contributed by atoms with Crippen LogP contribution in [0.4, 0.5) is 10.2 Å². The van der Waals surface area contributed by atoms with Gasteiger partial charge in [-0.3, -0.25) is 0 Å². The molecular formula is C15H19FN4. The Balaban J connectivity index is 2.53. The zero-order valence-corrected chi connectivity index (χ0v) is 12.2. The second kappa shape index (κ2) is 5.94. The first-order valence-electron chi connectivity index (χ1n) is 6.77. The van der Waals surface area contributed by atoms with E-state index in [0.717, 1.165) is 23.6 Å². The van der Waals surface area contributed by atoms with Crippen LogP contribution in [0.15, 0.2) is 18.3 Å².